The van der Waals surface area contributed by atoms with Crippen molar-refractivity contribution in [1.29, 1.82) is 0 Å². The van der Waals surface area contributed by atoms with Gasteiger partial charge in [-0.2, -0.15) is 0 Å². The van der Waals surface area contributed by atoms with Crippen LogP contribution in [0.5, 0.6) is 11.5 Å². The van der Waals surface area contributed by atoms with Crippen LogP contribution in [0.2, 0.25) is 0 Å². The zero-order valence-corrected chi connectivity index (χ0v) is 15.6. The number of aromatic nitrogens is 1. The number of ether oxygens (including phenoxy) is 2. The lowest BCUT2D eigenvalue weighted by atomic mass is 10.1. The number of nitrogens with one attached hydrogen (secondary N) is 2. The Balaban J connectivity index is 1.41. The van der Waals surface area contributed by atoms with Crippen molar-refractivity contribution in [2.45, 2.75) is 24.2 Å². The van der Waals surface area contributed by atoms with Gasteiger partial charge in [-0.3, -0.25) is 0 Å². The van der Waals surface area contributed by atoms with Crippen molar-refractivity contribution in [3.8, 4) is 11.5 Å². The van der Waals surface area contributed by atoms with E-state index in [0.717, 1.165) is 27.6 Å². The number of benzene rings is 2. The molecular formula is C20H20N2O4S. The Bertz CT molecular complexity index is 1100. The van der Waals surface area contributed by atoms with Crippen molar-refractivity contribution in [3.63, 3.8) is 0 Å². The second kappa shape index (κ2) is 6.28. The van der Waals surface area contributed by atoms with Crippen molar-refractivity contribution < 1.29 is 17.9 Å². The van der Waals surface area contributed by atoms with Crippen LogP contribution in [-0.4, -0.2) is 33.2 Å². The largest absolute Gasteiger partial charge is 0.493 e. The van der Waals surface area contributed by atoms with Crippen LogP contribution in [0, 0.1) is 0 Å². The maximum Gasteiger partial charge on any atom is 0.244 e. The van der Waals surface area contributed by atoms with Gasteiger partial charge in [0.1, 0.15) is 16.4 Å². The number of fused-ring (bicyclic) bond motifs is 3. The predicted octanol–water partition coefficient (Wildman–Crippen LogP) is 2.56. The zero-order chi connectivity index (χ0) is 18.4. The van der Waals surface area contributed by atoms with Crippen LogP contribution >= 0.6 is 0 Å². The van der Waals surface area contributed by atoms with E-state index in [1.54, 1.807) is 0 Å². The monoisotopic (exact) mass is 384 g/mol. The Morgan fingerprint density at radius 2 is 1.96 bits per heavy atom. The molecule has 0 saturated carbocycles. The fourth-order valence-electron chi connectivity index (χ4n) is 3.96. The maximum atomic E-state index is 13.1. The van der Waals surface area contributed by atoms with E-state index in [0.29, 0.717) is 50.5 Å². The molecule has 6 nitrogen and oxygen atoms in total. The Hall–Kier alpha value is -2.51. The highest BCUT2D eigenvalue weighted by atomic mass is 32.2. The quantitative estimate of drug-likeness (QED) is 0.709. The second-order valence-electron chi connectivity index (χ2n) is 6.87. The summed E-state index contributed by atoms with van der Waals surface area (Å²) in [6, 6.07) is 9.94. The van der Waals surface area contributed by atoms with Crippen LogP contribution in [0.15, 0.2) is 41.4 Å². The maximum absolute atomic E-state index is 13.1. The average molecular weight is 384 g/mol. The molecule has 0 aliphatic carbocycles. The van der Waals surface area contributed by atoms with Crippen LogP contribution in [-0.2, 0) is 29.3 Å². The molecule has 2 aromatic carbocycles. The van der Waals surface area contributed by atoms with Crippen LogP contribution in [0.1, 0.15) is 16.7 Å². The fraction of sp³-hybridized carbons (Fsp3) is 0.300. The summed E-state index contributed by atoms with van der Waals surface area (Å²) in [5.41, 5.74) is 3.79. The highest BCUT2D eigenvalue weighted by molar-refractivity contribution is 7.89. The smallest absolute Gasteiger partial charge is 0.244 e. The van der Waals surface area contributed by atoms with Gasteiger partial charge >= 0.3 is 0 Å². The lowest BCUT2D eigenvalue weighted by Gasteiger charge is -2.14. The number of sulfonamides is 1. The van der Waals surface area contributed by atoms with Crippen molar-refractivity contribution in [2.75, 3.05) is 19.8 Å². The molecule has 27 heavy (non-hydrogen) atoms. The summed E-state index contributed by atoms with van der Waals surface area (Å²) < 4.78 is 40.2. The van der Waals surface area contributed by atoms with Gasteiger partial charge in [0, 0.05) is 47.6 Å². The Morgan fingerprint density at radius 1 is 1.11 bits per heavy atom. The van der Waals surface area contributed by atoms with Gasteiger partial charge < -0.3 is 14.5 Å². The summed E-state index contributed by atoms with van der Waals surface area (Å²) in [4.78, 5) is 3.49. The molecule has 0 unspecified atom stereocenters. The first-order chi connectivity index (χ1) is 13.1. The van der Waals surface area contributed by atoms with E-state index >= 15 is 0 Å². The standard InChI is InChI=1S/C20H20N2O4S/c23-27(24,22-8-5-14-12-21-17-4-2-1-3-15(14)17)20-16-7-10-25-18(16)11-13-6-9-26-19(13)20/h1-4,11-12,21-22H,5-10H2. The number of hydrogen-bond acceptors (Lipinski definition) is 4. The molecule has 5 rings (SSSR count). The SMILES string of the molecule is O=S(=O)(NCCc1c[nH]c2ccccc12)c1c2c(cc3c1OCC3)OCC2. The molecular weight excluding hydrogens is 364 g/mol. The molecule has 140 valence electrons. The Morgan fingerprint density at radius 3 is 2.89 bits per heavy atom. The third kappa shape index (κ3) is 2.78. The molecule has 2 N–H and O–H groups in total. The first-order valence-corrected chi connectivity index (χ1v) is 10.6. The molecule has 0 saturated heterocycles. The number of para-hydroxylation sites is 1. The topological polar surface area (TPSA) is 80.4 Å². The average Bonchev–Trinajstić information content (AvgIpc) is 3.38. The third-order valence-electron chi connectivity index (χ3n) is 5.23. The molecule has 0 spiro atoms. The van der Waals surface area contributed by atoms with E-state index in [4.69, 9.17) is 9.47 Å². The first kappa shape index (κ1) is 16.6. The third-order valence-corrected chi connectivity index (χ3v) is 6.79. The molecule has 0 amide bonds. The molecule has 7 heteroatoms. The molecule has 2 aliphatic rings. The van der Waals surface area contributed by atoms with Crippen LogP contribution < -0.4 is 14.2 Å². The van der Waals surface area contributed by atoms with Gasteiger partial charge in [-0.25, -0.2) is 13.1 Å². The minimum atomic E-state index is -3.68. The van der Waals surface area contributed by atoms with Crippen LogP contribution in [0.3, 0.4) is 0 Å². The summed E-state index contributed by atoms with van der Waals surface area (Å²) in [5, 5.41) is 1.12. The van der Waals surface area contributed by atoms with Gasteiger partial charge in [0.15, 0.2) is 0 Å². The zero-order valence-electron chi connectivity index (χ0n) is 14.7. The van der Waals surface area contributed by atoms with Crippen molar-refractivity contribution in [3.05, 3.63) is 53.2 Å². The van der Waals surface area contributed by atoms with Gasteiger partial charge in [-0.05, 0) is 24.1 Å². The summed E-state index contributed by atoms with van der Waals surface area (Å²) >= 11 is 0. The van der Waals surface area contributed by atoms with E-state index in [-0.39, 0.29) is 4.90 Å². The predicted molar refractivity (Wildman–Crippen MR) is 102 cm³/mol. The first-order valence-electron chi connectivity index (χ1n) is 9.12. The summed E-state index contributed by atoms with van der Waals surface area (Å²) in [7, 11) is -3.68. The number of hydrogen-bond donors (Lipinski definition) is 2. The number of H-pyrrole nitrogens is 1. The van der Waals surface area contributed by atoms with Crippen molar-refractivity contribution in [2.24, 2.45) is 0 Å². The summed E-state index contributed by atoms with van der Waals surface area (Å²) in [6.07, 6.45) is 3.85. The number of rotatable bonds is 5. The molecule has 2 aliphatic heterocycles. The lowest BCUT2D eigenvalue weighted by Crippen LogP contribution is -2.27. The summed E-state index contributed by atoms with van der Waals surface area (Å²) in [5.74, 6) is 1.18. The van der Waals surface area contributed by atoms with Crippen molar-refractivity contribution in [1.82, 2.24) is 9.71 Å². The van der Waals surface area contributed by atoms with E-state index in [9.17, 15) is 8.42 Å². The van der Waals surface area contributed by atoms with E-state index in [1.807, 2.05) is 36.5 Å². The van der Waals surface area contributed by atoms with Gasteiger partial charge in [-0.1, -0.05) is 18.2 Å². The number of aromatic amines is 1. The lowest BCUT2D eigenvalue weighted by molar-refractivity contribution is 0.348. The molecule has 0 radical (unpaired) electrons. The highest BCUT2D eigenvalue weighted by Gasteiger charge is 2.33. The van der Waals surface area contributed by atoms with Crippen LogP contribution in [0.4, 0.5) is 0 Å². The van der Waals surface area contributed by atoms with Gasteiger partial charge in [0.2, 0.25) is 10.0 Å². The molecule has 3 heterocycles. The molecule has 1 aromatic heterocycles. The summed E-state index contributed by atoms with van der Waals surface area (Å²) in [6.45, 7) is 1.34. The van der Waals surface area contributed by atoms with Crippen LogP contribution in [0.25, 0.3) is 10.9 Å². The molecule has 3 aromatic rings. The van der Waals surface area contributed by atoms with E-state index in [2.05, 4.69) is 9.71 Å². The van der Waals surface area contributed by atoms with Gasteiger partial charge in [0.25, 0.3) is 0 Å². The normalized spacial score (nSPS) is 15.4. The Labute approximate surface area is 157 Å². The minimum absolute atomic E-state index is 0.268. The minimum Gasteiger partial charge on any atom is -0.493 e. The second-order valence-corrected chi connectivity index (χ2v) is 8.58. The van der Waals surface area contributed by atoms with E-state index in [1.165, 1.54) is 0 Å². The van der Waals surface area contributed by atoms with E-state index < -0.39 is 10.0 Å². The van der Waals surface area contributed by atoms with Gasteiger partial charge in [0.05, 0.1) is 13.2 Å². The molecule has 0 bridgehead atoms. The van der Waals surface area contributed by atoms with Gasteiger partial charge in [-0.15, -0.1) is 0 Å². The fourth-order valence-corrected chi connectivity index (χ4v) is 5.43. The molecule has 0 fully saturated rings. The highest BCUT2D eigenvalue weighted by Crippen LogP contribution is 2.42. The molecule has 0 atom stereocenters. The van der Waals surface area contributed by atoms with Crippen molar-refractivity contribution >= 4 is 20.9 Å². The Kier molecular flexibility index (Phi) is 3.87.